The average Bonchev–Trinajstić information content (AvgIpc) is 2.04. The number of sulfone groups is 1. The van der Waals surface area contributed by atoms with E-state index >= 15 is 0 Å². The van der Waals surface area contributed by atoms with Crippen molar-refractivity contribution in [2.75, 3.05) is 12.0 Å². The van der Waals surface area contributed by atoms with Gasteiger partial charge in [0.25, 0.3) is 0 Å². The van der Waals surface area contributed by atoms with Crippen LogP contribution in [0.3, 0.4) is 0 Å². The molecule has 1 unspecified atom stereocenters. The highest BCUT2D eigenvalue weighted by Crippen LogP contribution is 2.61. The molecule has 0 heterocycles. The molecule has 92 valence electrons. The molecule has 2 aliphatic carbocycles. The van der Waals surface area contributed by atoms with Gasteiger partial charge in [-0.05, 0) is 30.6 Å². The van der Waals surface area contributed by atoms with E-state index in [1.807, 2.05) is 0 Å². The predicted octanol–water partition coefficient (Wildman–Crippen LogP) is 1.82. The van der Waals surface area contributed by atoms with Crippen molar-refractivity contribution in [3.8, 4) is 0 Å². The SMILES string of the molecule is CC1(C)CCC(=O)[C@@]2(CS(C)(=O)=O)CCC12. The average molecular weight is 244 g/mol. The van der Waals surface area contributed by atoms with Crippen LogP contribution < -0.4 is 0 Å². The van der Waals surface area contributed by atoms with Gasteiger partial charge in [-0.3, -0.25) is 4.79 Å². The fourth-order valence-corrected chi connectivity index (χ4v) is 5.13. The van der Waals surface area contributed by atoms with E-state index in [9.17, 15) is 13.2 Å². The van der Waals surface area contributed by atoms with Crippen LogP contribution >= 0.6 is 0 Å². The molecule has 4 heteroatoms. The minimum atomic E-state index is -3.07. The maximum Gasteiger partial charge on any atom is 0.148 e. The summed E-state index contributed by atoms with van der Waals surface area (Å²) < 4.78 is 23.0. The summed E-state index contributed by atoms with van der Waals surface area (Å²) in [7, 11) is -3.07. The third-order valence-electron chi connectivity index (χ3n) is 4.56. The molecule has 2 rings (SSSR count). The molecule has 0 aromatic rings. The summed E-state index contributed by atoms with van der Waals surface area (Å²) in [6, 6.07) is 0. The predicted molar refractivity (Wildman–Crippen MR) is 62.9 cm³/mol. The molecule has 2 atom stereocenters. The van der Waals surface area contributed by atoms with Crippen LogP contribution in [-0.2, 0) is 14.6 Å². The van der Waals surface area contributed by atoms with Crippen molar-refractivity contribution < 1.29 is 13.2 Å². The molecule has 2 saturated carbocycles. The maximum absolute atomic E-state index is 12.1. The van der Waals surface area contributed by atoms with E-state index in [4.69, 9.17) is 0 Å². The van der Waals surface area contributed by atoms with Crippen molar-refractivity contribution >= 4 is 15.6 Å². The summed E-state index contributed by atoms with van der Waals surface area (Å²) in [6.45, 7) is 4.33. The minimum Gasteiger partial charge on any atom is -0.299 e. The van der Waals surface area contributed by atoms with Gasteiger partial charge in [0.05, 0.1) is 5.75 Å². The molecule has 0 saturated heterocycles. The van der Waals surface area contributed by atoms with Gasteiger partial charge in [-0.15, -0.1) is 0 Å². The van der Waals surface area contributed by atoms with Gasteiger partial charge in [-0.2, -0.15) is 0 Å². The summed E-state index contributed by atoms with van der Waals surface area (Å²) in [5.41, 5.74) is -0.411. The number of hydrogen-bond donors (Lipinski definition) is 0. The lowest BCUT2D eigenvalue weighted by atomic mass is 9.46. The summed E-state index contributed by atoms with van der Waals surface area (Å²) >= 11 is 0. The number of carbonyl (C=O) groups is 1. The van der Waals surface area contributed by atoms with Crippen molar-refractivity contribution in [1.29, 1.82) is 0 Å². The lowest BCUT2D eigenvalue weighted by molar-refractivity contribution is -0.153. The van der Waals surface area contributed by atoms with Gasteiger partial charge in [-0.1, -0.05) is 13.8 Å². The van der Waals surface area contributed by atoms with Gasteiger partial charge in [0.15, 0.2) is 0 Å². The molecule has 0 spiro atoms. The highest BCUT2D eigenvalue weighted by molar-refractivity contribution is 7.90. The van der Waals surface area contributed by atoms with Gasteiger partial charge >= 0.3 is 0 Å². The molecule has 2 aliphatic rings. The van der Waals surface area contributed by atoms with Gasteiger partial charge in [-0.25, -0.2) is 8.42 Å². The van der Waals surface area contributed by atoms with E-state index < -0.39 is 15.3 Å². The van der Waals surface area contributed by atoms with Gasteiger partial charge < -0.3 is 0 Å². The Morgan fingerprint density at radius 3 is 2.38 bits per heavy atom. The van der Waals surface area contributed by atoms with Crippen molar-refractivity contribution in [2.24, 2.45) is 16.7 Å². The third-order valence-corrected chi connectivity index (χ3v) is 5.60. The number of Topliss-reactive ketones (excluding diaryl/α,β-unsaturated/α-hetero) is 1. The van der Waals surface area contributed by atoms with Crippen LogP contribution in [-0.4, -0.2) is 26.2 Å². The van der Waals surface area contributed by atoms with Gasteiger partial charge in [0, 0.05) is 18.1 Å². The van der Waals surface area contributed by atoms with Gasteiger partial charge in [0.1, 0.15) is 15.6 Å². The monoisotopic (exact) mass is 244 g/mol. The van der Waals surface area contributed by atoms with E-state index in [0.717, 1.165) is 19.3 Å². The molecule has 3 nitrogen and oxygen atoms in total. The Balaban J connectivity index is 2.34. The normalized spacial score (nSPS) is 37.7. The highest BCUT2D eigenvalue weighted by atomic mass is 32.2. The Kier molecular flexibility index (Phi) is 2.50. The first-order valence-electron chi connectivity index (χ1n) is 5.88. The van der Waals surface area contributed by atoms with Crippen molar-refractivity contribution in [3.05, 3.63) is 0 Å². The Morgan fingerprint density at radius 1 is 1.31 bits per heavy atom. The van der Waals surface area contributed by atoms with Crippen LogP contribution in [0.1, 0.15) is 39.5 Å². The van der Waals surface area contributed by atoms with E-state index in [0.29, 0.717) is 6.42 Å². The molecule has 0 aromatic carbocycles. The van der Waals surface area contributed by atoms with Crippen LogP contribution in [0.5, 0.6) is 0 Å². The second kappa shape index (κ2) is 3.31. The summed E-state index contributed by atoms with van der Waals surface area (Å²) in [5.74, 6) is 0.525. The smallest absolute Gasteiger partial charge is 0.148 e. The molecule has 0 radical (unpaired) electrons. The molecular formula is C12H20O3S. The zero-order valence-electron chi connectivity index (χ0n) is 10.2. The number of hydrogen-bond acceptors (Lipinski definition) is 3. The van der Waals surface area contributed by atoms with Gasteiger partial charge in [0.2, 0.25) is 0 Å². The maximum atomic E-state index is 12.1. The zero-order chi connectivity index (χ0) is 12.2. The van der Waals surface area contributed by atoms with Crippen LogP contribution in [0.15, 0.2) is 0 Å². The lowest BCUT2D eigenvalue weighted by Gasteiger charge is -2.58. The number of carbonyl (C=O) groups excluding carboxylic acids is 1. The van der Waals surface area contributed by atoms with E-state index in [-0.39, 0.29) is 22.9 Å². The Hall–Kier alpha value is -0.380. The van der Waals surface area contributed by atoms with Crippen LogP contribution in [0, 0.1) is 16.7 Å². The second-order valence-electron chi connectivity index (χ2n) is 6.23. The summed E-state index contributed by atoms with van der Waals surface area (Å²) in [4.78, 5) is 12.1. The Labute approximate surface area is 97.5 Å². The quantitative estimate of drug-likeness (QED) is 0.744. The van der Waals surface area contributed by atoms with Crippen molar-refractivity contribution in [2.45, 2.75) is 39.5 Å². The van der Waals surface area contributed by atoms with Crippen LogP contribution in [0.25, 0.3) is 0 Å². The molecule has 16 heavy (non-hydrogen) atoms. The Morgan fingerprint density at radius 2 is 1.94 bits per heavy atom. The van der Waals surface area contributed by atoms with Crippen molar-refractivity contribution in [1.82, 2.24) is 0 Å². The lowest BCUT2D eigenvalue weighted by Crippen LogP contribution is -2.59. The molecule has 0 aliphatic heterocycles. The molecule has 0 bridgehead atoms. The number of ketones is 1. The van der Waals surface area contributed by atoms with Crippen LogP contribution in [0.4, 0.5) is 0 Å². The third kappa shape index (κ3) is 1.71. The fraction of sp³-hybridized carbons (Fsp3) is 0.917. The minimum absolute atomic E-state index is 0.0624. The molecule has 0 aromatic heterocycles. The van der Waals surface area contributed by atoms with E-state index in [1.54, 1.807) is 0 Å². The molecule has 2 fully saturated rings. The second-order valence-corrected chi connectivity index (χ2v) is 8.37. The van der Waals surface area contributed by atoms with E-state index in [2.05, 4.69) is 13.8 Å². The standard InChI is InChI=1S/C12H20O3S/c1-11(2)6-5-10(13)12(7-4-9(11)12)8-16(3,14)15/h9H,4-8H2,1-3H3/t9?,12-/m1/s1. The Bertz CT molecular complexity index is 422. The molecule has 0 N–H and O–H groups in total. The number of rotatable bonds is 2. The first-order chi connectivity index (χ1) is 7.17. The largest absolute Gasteiger partial charge is 0.299 e. The first kappa shape index (κ1) is 12.1. The zero-order valence-corrected chi connectivity index (χ0v) is 11.1. The van der Waals surface area contributed by atoms with Crippen LogP contribution in [0.2, 0.25) is 0 Å². The topological polar surface area (TPSA) is 51.2 Å². The summed E-state index contributed by atoms with van der Waals surface area (Å²) in [6.07, 6.45) is 4.48. The summed E-state index contributed by atoms with van der Waals surface area (Å²) in [5, 5.41) is 0. The highest BCUT2D eigenvalue weighted by Gasteiger charge is 2.60. The fourth-order valence-electron chi connectivity index (χ4n) is 3.69. The number of fused-ring (bicyclic) bond motifs is 1. The molecule has 0 amide bonds. The van der Waals surface area contributed by atoms with E-state index in [1.165, 1.54) is 6.26 Å². The first-order valence-corrected chi connectivity index (χ1v) is 7.94. The molecular weight excluding hydrogens is 224 g/mol. The van der Waals surface area contributed by atoms with Crippen molar-refractivity contribution in [3.63, 3.8) is 0 Å².